The molecule has 0 N–H and O–H groups in total. The van der Waals surface area contributed by atoms with E-state index in [1.165, 1.54) is 17.7 Å². The Balaban J connectivity index is 1.44. The van der Waals surface area contributed by atoms with Gasteiger partial charge in [0.25, 0.3) is 0 Å². The summed E-state index contributed by atoms with van der Waals surface area (Å²) >= 11 is 0. The average Bonchev–Trinajstić information content (AvgIpc) is 2.69. The highest BCUT2D eigenvalue weighted by molar-refractivity contribution is 5.96. The minimum Gasteiger partial charge on any atom is -0.312 e. The molecule has 2 heterocycles. The normalized spacial score (nSPS) is 20.7. The molecule has 26 heavy (non-hydrogen) atoms. The number of likely N-dealkylation sites (tertiary alicyclic amines) is 1. The van der Waals surface area contributed by atoms with E-state index in [9.17, 15) is 9.18 Å². The summed E-state index contributed by atoms with van der Waals surface area (Å²) in [5, 5.41) is 0. The largest absolute Gasteiger partial charge is 0.312 e. The lowest BCUT2D eigenvalue weighted by atomic mass is 9.93. The topological polar surface area (TPSA) is 23.6 Å². The predicted octanol–water partition coefficient (Wildman–Crippen LogP) is 4.02. The molecule has 2 aliphatic rings. The third-order valence-electron chi connectivity index (χ3n) is 5.55. The van der Waals surface area contributed by atoms with Crippen molar-refractivity contribution < 1.29 is 9.18 Å². The molecule has 0 spiro atoms. The number of benzene rings is 2. The number of hydrogen-bond acceptors (Lipinski definition) is 2. The number of halogens is 1. The Morgan fingerprint density at radius 3 is 2.69 bits per heavy atom. The number of aryl methyl sites for hydroxylation is 1. The summed E-state index contributed by atoms with van der Waals surface area (Å²) in [5.74, 6) is 0.112. The fourth-order valence-corrected chi connectivity index (χ4v) is 4.23. The van der Waals surface area contributed by atoms with Crippen LogP contribution in [0.4, 0.5) is 10.1 Å². The Labute approximate surface area is 154 Å². The van der Waals surface area contributed by atoms with Crippen LogP contribution in [0.15, 0.2) is 48.5 Å². The molecule has 2 aromatic rings. The van der Waals surface area contributed by atoms with Crippen LogP contribution >= 0.6 is 0 Å². The van der Waals surface area contributed by atoms with Crippen LogP contribution in [0.2, 0.25) is 0 Å². The van der Waals surface area contributed by atoms with Crippen LogP contribution in [-0.4, -0.2) is 30.4 Å². The van der Waals surface area contributed by atoms with Gasteiger partial charge < -0.3 is 4.90 Å². The molecule has 4 rings (SSSR count). The quantitative estimate of drug-likeness (QED) is 0.833. The number of carbonyl (C=O) groups excluding carboxylic acids is 1. The fourth-order valence-electron chi connectivity index (χ4n) is 4.23. The Morgan fingerprint density at radius 2 is 1.85 bits per heavy atom. The number of nitrogens with zero attached hydrogens (tertiary/aromatic N) is 2. The molecule has 0 bridgehead atoms. The van der Waals surface area contributed by atoms with Gasteiger partial charge in [-0.1, -0.05) is 30.3 Å². The number of carbonyl (C=O) groups is 1. The molecule has 136 valence electrons. The molecule has 0 radical (unpaired) electrons. The highest BCUT2D eigenvalue weighted by atomic mass is 19.1. The smallest absolute Gasteiger partial charge is 0.231 e. The van der Waals surface area contributed by atoms with Crippen molar-refractivity contribution in [1.29, 1.82) is 0 Å². The van der Waals surface area contributed by atoms with Gasteiger partial charge in [-0.05, 0) is 61.6 Å². The van der Waals surface area contributed by atoms with Gasteiger partial charge in [0.1, 0.15) is 5.82 Å². The summed E-state index contributed by atoms with van der Waals surface area (Å²) < 4.78 is 13.1. The highest BCUT2D eigenvalue weighted by Crippen LogP contribution is 2.30. The number of piperidine rings is 1. The van der Waals surface area contributed by atoms with Crippen LogP contribution < -0.4 is 4.90 Å². The van der Waals surface area contributed by atoms with Crippen molar-refractivity contribution in [2.45, 2.75) is 32.2 Å². The first-order chi connectivity index (χ1) is 12.7. The van der Waals surface area contributed by atoms with E-state index in [1.54, 1.807) is 0 Å². The van der Waals surface area contributed by atoms with Crippen LogP contribution in [0, 0.1) is 11.7 Å². The van der Waals surface area contributed by atoms with Crippen LogP contribution in [-0.2, 0) is 17.8 Å². The van der Waals surface area contributed by atoms with Gasteiger partial charge in [-0.15, -0.1) is 0 Å². The first-order valence-corrected chi connectivity index (χ1v) is 9.57. The van der Waals surface area contributed by atoms with Gasteiger partial charge in [-0.3, -0.25) is 9.69 Å². The van der Waals surface area contributed by atoms with Gasteiger partial charge in [0.15, 0.2) is 0 Å². The van der Waals surface area contributed by atoms with Gasteiger partial charge in [0, 0.05) is 25.3 Å². The third-order valence-corrected chi connectivity index (χ3v) is 5.55. The average molecular weight is 352 g/mol. The van der Waals surface area contributed by atoms with E-state index in [-0.39, 0.29) is 17.6 Å². The molecular weight excluding hydrogens is 327 g/mol. The molecule has 0 aromatic heterocycles. The van der Waals surface area contributed by atoms with Crippen molar-refractivity contribution in [3.8, 4) is 0 Å². The lowest BCUT2D eigenvalue weighted by Crippen LogP contribution is -2.46. The maximum Gasteiger partial charge on any atom is 0.231 e. The molecule has 1 atom stereocenters. The van der Waals surface area contributed by atoms with E-state index >= 15 is 0 Å². The minimum absolute atomic E-state index is 0.0513. The van der Waals surface area contributed by atoms with Crippen LogP contribution in [0.5, 0.6) is 0 Å². The number of anilines is 1. The minimum atomic E-state index is -0.204. The summed E-state index contributed by atoms with van der Waals surface area (Å²) in [4.78, 5) is 17.5. The maximum absolute atomic E-state index is 13.2. The molecule has 1 amide bonds. The SMILES string of the molecule is O=C(C1CCCN(Cc2ccc(F)cc2)C1)N1CCCc2ccccc21. The summed E-state index contributed by atoms with van der Waals surface area (Å²) in [6.07, 6.45) is 4.08. The fraction of sp³-hybridized carbons (Fsp3) is 0.409. The van der Waals surface area contributed by atoms with Gasteiger partial charge >= 0.3 is 0 Å². The third kappa shape index (κ3) is 3.65. The lowest BCUT2D eigenvalue weighted by molar-refractivity contribution is -0.124. The summed E-state index contributed by atoms with van der Waals surface area (Å²) in [5.41, 5.74) is 3.48. The van der Waals surface area contributed by atoms with Crippen LogP contribution in [0.25, 0.3) is 0 Å². The van der Waals surface area contributed by atoms with E-state index in [2.05, 4.69) is 23.1 Å². The summed E-state index contributed by atoms with van der Waals surface area (Å²) in [6, 6.07) is 15.0. The van der Waals surface area contributed by atoms with Gasteiger partial charge in [-0.2, -0.15) is 0 Å². The zero-order valence-electron chi connectivity index (χ0n) is 15.0. The van der Waals surface area contributed by atoms with Gasteiger partial charge in [0.05, 0.1) is 5.92 Å². The highest BCUT2D eigenvalue weighted by Gasteiger charge is 2.31. The molecule has 1 fully saturated rings. The first-order valence-electron chi connectivity index (χ1n) is 9.57. The summed E-state index contributed by atoms with van der Waals surface area (Å²) in [7, 11) is 0. The first kappa shape index (κ1) is 17.2. The number of hydrogen-bond donors (Lipinski definition) is 0. The van der Waals surface area contributed by atoms with Crippen molar-refractivity contribution in [1.82, 2.24) is 4.90 Å². The monoisotopic (exact) mass is 352 g/mol. The van der Waals surface area contributed by atoms with E-state index in [0.717, 1.165) is 63.1 Å². The van der Waals surface area contributed by atoms with E-state index in [4.69, 9.17) is 0 Å². The van der Waals surface area contributed by atoms with Gasteiger partial charge in [-0.25, -0.2) is 4.39 Å². The molecule has 4 heteroatoms. The second-order valence-corrected chi connectivity index (χ2v) is 7.42. The number of fused-ring (bicyclic) bond motifs is 1. The Hall–Kier alpha value is -2.20. The van der Waals surface area contributed by atoms with Crippen LogP contribution in [0.3, 0.4) is 0 Å². The molecule has 2 aliphatic heterocycles. The Kier molecular flexibility index (Phi) is 5.02. The molecule has 1 unspecified atom stereocenters. The van der Waals surface area contributed by atoms with Gasteiger partial charge in [0.2, 0.25) is 5.91 Å². The van der Waals surface area contributed by atoms with E-state index in [0.29, 0.717) is 0 Å². The molecule has 2 aromatic carbocycles. The number of amides is 1. The van der Waals surface area contributed by atoms with Crippen LogP contribution in [0.1, 0.15) is 30.4 Å². The zero-order valence-corrected chi connectivity index (χ0v) is 15.0. The second kappa shape index (κ2) is 7.58. The van der Waals surface area contributed by atoms with Crippen molar-refractivity contribution >= 4 is 11.6 Å². The maximum atomic E-state index is 13.2. The predicted molar refractivity (Wildman–Crippen MR) is 102 cm³/mol. The van der Waals surface area contributed by atoms with Crippen molar-refractivity contribution in [3.63, 3.8) is 0 Å². The van der Waals surface area contributed by atoms with Crippen molar-refractivity contribution in [2.75, 3.05) is 24.5 Å². The summed E-state index contributed by atoms with van der Waals surface area (Å²) in [6.45, 7) is 3.39. The van der Waals surface area contributed by atoms with Crippen molar-refractivity contribution in [3.05, 3.63) is 65.5 Å². The Bertz CT molecular complexity index is 774. The zero-order chi connectivity index (χ0) is 17.9. The molecular formula is C22H25FN2O. The molecule has 3 nitrogen and oxygen atoms in total. The van der Waals surface area contributed by atoms with E-state index < -0.39 is 0 Å². The second-order valence-electron chi connectivity index (χ2n) is 7.42. The Morgan fingerprint density at radius 1 is 1.04 bits per heavy atom. The number of para-hydroxylation sites is 1. The van der Waals surface area contributed by atoms with Crippen molar-refractivity contribution in [2.24, 2.45) is 5.92 Å². The molecule has 0 aliphatic carbocycles. The number of rotatable bonds is 3. The molecule has 1 saturated heterocycles. The molecule has 0 saturated carbocycles. The standard InChI is InChI=1S/C22H25FN2O/c23-20-11-9-17(10-12-20)15-24-13-3-7-19(16-24)22(26)25-14-4-6-18-5-1-2-8-21(18)25/h1-2,5,8-12,19H,3-4,6-7,13-16H2. The lowest BCUT2D eigenvalue weighted by Gasteiger charge is -2.37. The van der Waals surface area contributed by atoms with E-state index in [1.807, 2.05) is 23.1 Å².